The number of carbonyl (C=O) groups excluding carboxylic acids is 1. The maximum absolute atomic E-state index is 11.4. The fourth-order valence-electron chi connectivity index (χ4n) is 1.24. The number of nitrogens with one attached hydrogen (secondary N) is 1. The number of rotatable bonds is 3. The van der Waals surface area contributed by atoms with E-state index < -0.39 is 5.97 Å². The molecule has 0 aromatic carbocycles. The van der Waals surface area contributed by atoms with Crippen LogP contribution in [0.1, 0.15) is 23.2 Å². The van der Waals surface area contributed by atoms with Crippen LogP contribution in [-0.4, -0.2) is 22.0 Å². The van der Waals surface area contributed by atoms with Crippen LogP contribution in [0.3, 0.4) is 0 Å². The molecule has 5 nitrogen and oxygen atoms in total. The molecule has 1 heterocycles. The quantitative estimate of drug-likeness (QED) is 0.776. The number of hydrogen-bond acceptors (Lipinski definition) is 3. The maximum Gasteiger partial charge on any atom is 0.339 e. The van der Waals surface area contributed by atoms with Gasteiger partial charge in [0.05, 0.1) is 0 Å². The molecule has 0 spiro atoms. The van der Waals surface area contributed by atoms with E-state index in [2.05, 4.69) is 10.3 Å². The lowest BCUT2D eigenvalue weighted by molar-refractivity contribution is -0.117. The number of carboxylic acids is 1. The molecule has 0 saturated heterocycles. The second-order valence-corrected chi connectivity index (χ2v) is 3.47. The number of pyridine rings is 1. The van der Waals surface area contributed by atoms with Crippen molar-refractivity contribution in [2.24, 2.45) is 5.92 Å². The highest BCUT2D eigenvalue weighted by Gasteiger charge is 2.30. The Morgan fingerprint density at radius 2 is 2.20 bits per heavy atom. The number of anilines is 1. The second-order valence-electron chi connectivity index (χ2n) is 3.47. The zero-order valence-corrected chi connectivity index (χ0v) is 7.93. The summed E-state index contributed by atoms with van der Waals surface area (Å²) in [5.41, 5.74) is 0.0199. The van der Waals surface area contributed by atoms with Crippen molar-refractivity contribution in [2.75, 3.05) is 5.32 Å². The smallest absolute Gasteiger partial charge is 0.339 e. The van der Waals surface area contributed by atoms with Gasteiger partial charge in [-0.3, -0.25) is 4.79 Å². The van der Waals surface area contributed by atoms with Crippen molar-refractivity contribution < 1.29 is 14.7 Å². The molecule has 1 aromatic rings. The molecule has 2 rings (SSSR count). The lowest BCUT2D eigenvalue weighted by Gasteiger charge is -2.05. The SMILES string of the molecule is O=C(O)c1cccnc1NC(=O)C1CC1. The van der Waals surface area contributed by atoms with Crippen molar-refractivity contribution in [3.63, 3.8) is 0 Å². The molecular formula is C10H10N2O3. The summed E-state index contributed by atoms with van der Waals surface area (Å²) in [5, 5.41) is 11.4. The van der Waals surface area contributed by atoms with E-state index in [9.17, 15) is 9.59 Å². The lowest BCUT2D eigenvalue weighted by Crippen LogP contribution is -2.17. The van der Waals surface area contributed by atoms with Crippen LogP contribution in [0.2, 0.25) is 0 Å². The van der Waals surface area contributed by atoms with Crippen molar-refractivity contribution in [2.45, 2.75) is 12.8 Å². The van der Waals surface area contributed by atoms with Gasteiger partial charge in [0.15, 0.2) is 0 Å². The largest absolute Gasteiger partial charge is 0.478 e. The highest BCUT2D eigenvalue weighted by Crippen LogP contribution is 2.30. The lowest BCUT2D eigenvalue weighted by atomic mass is 10.2. The standard InChI is InChI=1S/C10H10N2O3/c13-9(6-3-4-6)12-8-7(10(14)15)2-1-5-11-8/h1-2,5-6H,3-4H2,(H,14,15)(H,11,12,13). The fraction of sp³-hybridized carbons (Fsp3) is 0.300. The molecule has 1 fully saturated rings. The van der Waals surface area contributed by atoms with Crippen LogP contribution in [0.4, 0.5) is 5.82 Å². The third kappa shape index (κ3) is 2.12. The third-order valence-electron chi connectivity index (χ3n) is 2.23. The Morgan fingerprint density at radius 3 is 2.80 bits per heavy atom. The van der Waals surface area contributed by atoms with E-state index in [1.165, 1.54) is 18.3 Å². The van der Waals surface area contributed by atoms with Crippen molar-refractivity contribution >= 4 is 17.7 Å². The maximum atomic E-state index is 11.4. The highest BCUT2D eigenvalue weighted by atomic mass is 16.4. The summed E-state index contributed by atoms with van der Waals surface area (Å²) in [6.07, 6.45) is 3.21. The van der Waals surface area contributed by atoms with Crippen LogP contribution >= 0.6 is 0 Å². The van der Waals surface area contributed by atoms with Gasteiger partial charge in [-0.05, 0) is 25.0 Å². The number of nitrogens with zero attached hydrogens (tertiary/aromatic N) is 1. The van der Waals surface area contributed by atoms with Gasteiger partial charge in [-0.2, -0.15) is 0 Å². The first-order valence-corrected chi connectivity index (χ1v) is 4.67. The number of carbonyl (C=O) groups is 2. The molecule has 0 radical (unpaired) electrons. The summed E-state index contributed by atoms with van der Waals surface area (Å²) in [5.74, 6) is -1.07. The average Bonchev–Trinajstić information content (AvgIpc) is 3.01. The van der Waals surface area contributed by atoms with Gasteiger partial charge in [0, 0.05) is 12.1 Å². The van der Waals surface area contributed by atoms with E-state index in [0.717, 1.165) is 12.8 Å². The van der Waals surface area contributed by atoms with Crippen molar-refractivity contribution in [1.29, 1.82) is 0 Å². The van der Waals surface area contributed by atoms with Gasteiger partial charge in [-0.1, -0.05) is 0 Å². The number of aromatic nitrogens is 1. The van der Waals surface area contributed by atoms with Gasteiger partial charge in [-0.15, -0.1) is 0 Å². The van der Waals surface area contributed by atoms with E-state index in [4.69, 9.17) is 5.11 Å². The predicted octanol–water partition coefficient (Wildman–Crippen LogP) is 1.13. The molecule has 1 aliphatic carbocycles. The third-order valence-corrected chi connectivity index (χ3v) is 2.23. The molecule has 0 atom stereocenters. The summed E-state index contributed by atoms with van der Waals surface area (Å²) in [6.45, 7) is 0. The first-order chi connectivity index (χ1) is 7.18. The van der Waals surface area contributed by atoms with Crippen LogP contribution in [0.15, 0.2) is 18.3 Å². The van der Waals surface area contributed by atoms with E-state index in [-0.39, 0.29) is 23.2 Å². The Kier molecular flexibility index (Phi) is 2.37. The Labute approximate surface area is 86.1 Å². The van der Waals surface area contributed by atoms with Crippen LogP contribution in [0.5, 0.6) is 0 Å². The molecule has 0 bridgehead atoms. The topological polar surface area (TPSA) is 79.3 Å². The van der Waals surface area contributed by atoms with Crippen molar-refractivity contribution in [3.05, 3.63) is 23.9 Å². The molecule has 1 saturated carbocycles. The minimum absolute atomic E-state index is 0.0199. The van der Waals surface area contributed by atoms with Gasteiger partial charge in [0.2, 0.25) is 5.91 Å². The minimum Gasteiger partial charge on any atom is -0.478 e. The molecule has 1 amide bonds. The van der Waals surface area contributed by atoms with Crippen LogP contribution < -0.4 is 5.32 Å². The zero-order chi connectivity index (χ0) is 10.8. The summed E-state index contributed by atoms with van der Waals surface area (Å²) < 4.78 is 0. The Hall–Kier alpha value is -1.91. The van der Waals surface area contributed by atoms with Crippen LogP contribution in [-0.2, 0) is 4.79 Å². The van der Waals surface area contributed by atoms with E-state index >= 15 is 0 Å². The predicted molar refractivity (Wildman–Crippen MR) is 52.6 cm³/mol. The minimum atomic E-state index is -1.09. The van der Waals surface area contributed by atoms with E-state index in [0.29, 0.717) is 0 Å². The summed E-state index contributed by atoms with van der Waals surface area (Å²) in [7, 11) is 0. The molecule has 0 aliphatic heterocycles. The summed E-state index contributed by atoms with van der Waals surface area (Å²) in [6, 6.07) is 2.94. The number of hydrogen-bond donors (Lipinski definition) is 2. The molecule has 2 N–H and O–H groups in total. The van der Waals surface area contributed by atoms with Gasteiger partial charge in [0.25, 0.3) is 0 Å². The van der Waals surface area contributed by atoms with Crippen molar-refractivity contribution in [3.8, 4) is 0 Å². The number of amides is 1. The molecule has 1 aromatic heterocycles. The fourth-order valence-corrected chi connectivity index (χ4v) is 1.24. The Bertz CT molecular complexity index is 413. The first-order valence-electron chi connectivity index (χ1n) is 4.67. The number of aromatic carboxylic acids is 1. The van der Waals surface area contributed by atoms with Crippen LogP contribution in [0.25, 0.3) is 0 Å². The molecule has 1 aliphatic rings. The Morgan fingerprint density at radius 1 is 1.47 bits per heavy atom. The van der Waals surface area contributed by atoms with Gasteiger partial charge < -0.3 is 10.4 Å². The van der Waals surface area contributed by atoms with E-state index in [1.54, 1.807) is 0 Å². The van der Waals surface area contributed by atoms with Crippen LogP contribution in [0, 0.1) is 5.92 Å². The average molecular weight is 206 g/mol. The van der Waals surface area contributed by atoms with Gasteiger partial charge >= 0.3 is 5.97 Å². The Balaban J connectivity index is 2.19. The summed E-state index contributed by atoms with van der Waals surface area (Å²) in [4.78, 5) is 26.0. The second kappa shape index (κ2) is 3.68. The van der Waals surface area contributed by atoms with Gasteiger partial charge in [-0.25, -0.2) is 9.78 Å². The normalized spacial score (nSPS) is 14.7. The van der Waals surface area contributed by atoms with Gasteiger partial charge in [0.1, 0.15) is 11.4 Å². The zero-order valence-electron chi connectivity index (χ0n) is 7.93. The molecule has 15 heavy (non-hydrogen) atoms. The molecular weight excluding hydrogens is 196 g/mol. The van der Waals surface area contributed by atoms with Crippen molar-refractivity contribution in [1.82, 2.24) is 4.98 Å². The first kappa shape index (κ1) is 9.64. The molecule has 5 heteroatoms. The van der Waals surface area contributed by atoms with E-state index in [1.807, 2.05) is 0 Å². The molecule has 0 unspecified atom stereocenters. The summed E-state index contributed by atoms with van der Waals surface area (Å²) >= 11 is 0. The number of carboxylic acid groups (broad SMARTS) is 1. The highest BCUT2D eigenvalue weighted by molar-refractivity contribution is 6.00. The molecule has 78 valence electrons. The monoisotopic (exact) mass is 206 g/mol.